The minimum atomic E-state index is -4.54. The van der Waals surface area contributed by atoms with Gasteiger partial charge in [-0.05, 0) is 18.6 Å². The van der Waals surface area contributed by atoms with Crippen LogP contribution in [0.2, 0.25) is 0 Å². The normalized spacial score (nSPS) is 15.9. The van der Waals surface area contributed by atoms with Crippen LogP contribution in [0.15, 0.2) is 41.2 Å². The Morgan fingerprint density at radius 3 is 2.72 bits per heavy atom. The van der Waals surface area contributed by atoms with Gasteiger partial charge >= 0.3 is 24.2 Å². The summed E-state index contributed by atoms with van der Waals surface area (Å²) in [7, 11) is 0. The number of halogens is 3. The minimum absolute atomic E-state index is 0.00956. The molecule has 32 heavy (non-hydrogen) atoms. The van der Waals surface area contributed by atoms with Crippen molar-refractivity contribution in [2.45, 2.75) is 26.1 Å². The second-order valence-corrected chi connectivity index (χ2v) is 6.85. The third-order valence-electron chi connectivity index (χ3n) is 4.62. The molecule has 1 N–H and O–H groups in total. The molecule has 0 saturated carbocycles. The van der Waals surface area contributed by atoms with Gasteiger partial charge in [0.15, 0.2) is 0 Å². The summed E-state index contributed by atoms with van der Waals surface area (Å²) in [6.07, 6.45) is -3.21. The fourth-order valence-electron chi connectivity index (χ4n) is 3.09. The zero-order chi connectivity index (χ0) is 23.3. The number of hydrogen-bond acceptors (Lipinski definition) is 6. The van der Waals surface area contributed by atoms with Gasteiger partial charge in [0.2, 0.25) is 5.76 Å². The molecule has 0 unspecified atom stereocenters. The Morgan fingerprint density at radius 2 is 2.00 bits per heavy atom. The molecule has 2 aliphatic rings. The molecular formula is C20H21F3N4O5. The lowest BCUT2D eigenvalue weighted by atomic mass is 10.1. The number of rotatable bonds is 7. The highest BCUT2D eigenvalue weighted by atomic mass is 19.4. The first-order chi connectivity index (χ1) is 15.2. The second kappa shape index (κ2) is 9.71. The zero-order valence-electron chi connectivity index (χ0n) is 17.1. The molecule has 0 bridgehead atoms. The lowest BCUT2D eigenvalue weighted by Gasteiger charge is -2.21. The molecule has 0 fully saturated rings. The summed E-state index contributed by atoms with van der Waals surface area (Å²) >= 11 is 0. The van der Waals surface area contributed by atoms with E-state index >= 15 is 0 Å². The van der Waals surface area contributed by atoms with E-state index in [1.807, 2.05) is 0 Å². The van der Waals surface area contributed by atoms with Gasteiger partial charge in [-0.3, -0.25) is 14.5 Å². The van der Waals surface area contributed by atoms with Crippen molar-refractivity contribution in [3.63, 3.8) is 0 Å². The summed E-state index contributed by atoms with van der Waals surface area (Å²) in [6, 6.07) is 4.10. The van der Waals surface area contributed by atoms with Gasteiger partial charge in [0, 0.05) is 26.2 Å². The fourth-order valence-corrected chi connectivity index (χ4v) is 3.09. The monoisotopic (exact) mass is 454 g/mol. The third kappa shape index (κ3) is 5.56. The number of ether oxygens (including phenoxy) is 2. The van der Waals surface area contributed by atoms with Crippen LogP contribution in [-0.4, -0.2) is 60.0 Å². The topological polar surface area (TPSA) is 101 Å². The fraction of sp³-hybridized carbons (Fsp3) is 0.400. The first-order valence-electron chi connectivity index (χ1n) is 9.82. The number of hydrogen-bond donors (Lipinski definition) is 1. The van der Waals surface area contributed by atoms with E-state index in [1.165, 1.54) is 34.2 Å². The van der Waals surface area contributed by atoms with Crippen molar-refractivity contribution in [1.82, 2.24) is 15.1 Å². The van der Waals surface area contributed by atoms with E-state index in [4.69, 9.17) is 9.47 Å². The van der Waals surface area contributed by atoms with Crippen LogP contribution >= 0.6 is 0 Å². The molecule has 0 spiro atoms. The average Bonchev–Trinajstić information content (AvgIpc) is 3.07. The quantitative estimate of drug-likeness (QED) is 0.635. The molecule has 2 aliphatic heterocycles. The number of nitrogens with zero attached hydrogens (tertiary/aromatic N) is 3. The minimum Gasteiger partial charge on any atom is -0.466 e. The Hall–Kier alpha value is -3.57. The molecule has 0 radical (unpaired) electrons. The Kier molecular flexibility index (Phi) is 7.01. The average molecular weight is 454 g/mol. The molecule has 0 aliphatic carbocycles. The van der Waals surface area contributed by atoms with Crippen LogP contribution in [0.4, 0.5) is 18.0 Å². The number of benzene rings is 1. The van der Waals surface area contributed by atoms with Gasteiger partial charge in [-0.25, -0.2) is 4.79 Å². The molecule has 2 heterocycles. The molecule has 172 valence electrons. The van der Waals surface area contributed by atoms with Crippen LogP contribution in [0.5, 0.6) is 0 Å². The van der Waals surface area contributed by atoms with Crippen LogP contribution in [0.3, 0.4) is 0 Å². The van der Waals surface area contributed by atoms with Crippen LogP contribution in [0.1, 0.15) is 24.5 Å². The maximum Gasteiger partial charge on any atom is 0.416 e. The molecule has 3 rings (SSSR count). The van der Waals surface area contributed by atoms with Gasteiger partial charge in [-0.15, -0.1) is 4.99 Å². The van der Waals surface area contributed by atoms with Crippen molar-refractivity contribution in [2.75, 3.05) is 26.2 Å². The van der Waals surface area contributed by atoms with Gasteiger partial charge in [-0.2, -0.15) is 13.2 Å². The summed E-state index contributed by atoms with van der Waals surface area (Å²) in [5, 5.41) is 2.50. The van der Waals surface area contributed by atoms with E-state index in [1.54, 1.807) is 6.92 Å². The van der Waals surface area contributed by atoms with Gasteiger partial charge in [0.05, 0.1) is 24.8 Å². The number of carbonyl (C=O) groups is 3. The summed E-state index contributed by atoms with van der Waals surface area (Å²) in [5.41, 5.74) is -0.864. The van der Waals surface area contributed by atoms with E-state index in [2.05, 4.69) is 10.3 Å². The first-order valence-corrected chi connectivity index (χ1v) is 9.82. The van der Waals surface area contributed by atoms with E-state index in [-0.39, 0.29) is 56.6 Å². The number of nitrogens with one attached hydrogen (secondary N) is 1. The highest BCUT2D eigenvalue weighted by Gasteiger charge is 2.35. The van der Waals surface area contributed by atoms with E-state index in [0.29, 0.717) is 0 Å². The van der Waals surface area contributed by atoms with Gasteiger partial charge in [-0.1, -0.05) is 18.2 Å². The number of aliphatic imine (C=N–C) groups is 1. The van der Waals surface area contributed by atoms with Crippen LogP contribution in [0, 0.1) is 0 Å². The Balaban J connectivity index is 1.61. The zero-order valence-corrected chi connectivity index (χ0v) is 17.1. The van der Waals surface area contributed by atoms with Crippen molar-refractivity contribution in [1.29, 1.82) is 0 Å². The van der Waals surface area contributed by atoms with Gasteiger partial charge in [0.1, 0.15) is 0 Å². The summed E-state index contributed by atoms with van der Waals surface area (Å²) in [4.78, 5) is 42.4. The second-order valence-electron chi connectivity index (χ2n) is 6.85. The number of fused-ring (bicyclic) bond motifs is 1. The molecule has 9 nitrogen and oxygen atoms in total. The number of esters is 1. The molecule has 0 atom stereocenters. The van der Waals surface area contributed by atoms with Gasteiger partial charge in [0.25, 0.3) is 5.91 Å². The molecule has 1 aromatic carbocycles. The number of alkyl halides is 3. The van der Waals surface area contributed by atoms with Crippen molar-refractivity contribution in [3.8, 4) is 0 Å². The van der Waals surface area contributed by atoms with E-state index in [0.717, 1.165) is 6.07 Å². The summed E-state index contributed by atoms with van der Waals surface area (Å²) < 4.78 is 49.8. The lowest BCUT2D eigenvalue weighted by Crippen LogP contribution is -2.32. The number of amidine groups is 1. The SMILES string of the molecule is CCOC(=O)CCNC(=O)C1=CN2CCN(Cc3ccccc3C(F)(F)F)C(=O)N=C2O1. The van der Waals surface area contributed by atoms with E-state index < -0.39 is 29.6 Å². The van der Waals surface area contributed by atoms with Crippen molar-refractivity contribution < 1.29 is 37.0 Å². The molecule has 12 heteroatoms. The Morgan fingerprint density at radius 1 is 1.25 bits per heavy atom. The molecule has 0 aromatic heterocycles. The molecule has 0 saturated heterocycles. The predicted molar refractivity (Wildman–Crippen MR) is 105 cm³/mol. The smallest absolute Gasteiger partial charge is 0.416 e. The molecule has 1 aromatic rings. The Labute approximate surface area is 181 Å². The first kappa shape index (κ1) is 23.1. The Bertz CT molecular complexity index is 961. The molecular weight excluding hydrogens is 433 g/mol. The highest BCUT2D eigenvalue weighted by molar-refractivity contribution is 6.00. The van der Waals surface area contributed by atoms with E-state index in [9.17, 15) is 27.6 Å². The predicted octanol–water partition coefficient (Wildman–Crippen LogP) is 2.24. The number of carbonyl (C=O) groups excluding carboxylic acids is 3. The van der Waals surface area contributed by atoms with Crippen LogP contribution < -0.4 is 5.32 Å². The maximum atomic E-state index is 13.2. The largest absolute Gasteiger partial charge is 0.466 e. The van der Waals surface area contributed by atoms with Crippen molar-refractivity contribution in [3.05, 3.63) is 47.4 Å². The van der Waals surface area contributed by atoms with Crippen molar-refractivity contribution >= 4 is 23.9 Å². The number of amides is 3. The third-order valence-corrected chi connectivity index (χ3v) is 4.62. The highest BCUT2D eigenvalue weighted by Crippen LogP contribution is 2.32. The standard InChI is InChI=1S/C20H21F3N4O5/c1-2-31-16(28)7-8-24-17(29)15-12-27-10-9-26(18(30)25-19(27)32-15)11-13-5-3-4-6-14(13)20(21,22)23/h3-6,12H,2,7-11H2,1H3,(H,24,29). The van der Waals surface area contributed by atoms with Crippen LogP contribution in [-0.2, 0) is 31.8 Å². The summed E-state index contributed by atoms with van der Waals surface area (Å²) in [6.45, 7) is 1.90. The van der Waals surface area contributed by atoms with Crippen LogP contribution in [0.25, 0.3) is 0 Å². The maximum absolute atomic E-state index is 13.2. The van der Waals surface area contributed by atoms with Gasteiger partial charge < -0.3 is 19.7 Å². The van der Waals surface area contributed by atoms with Crippen molar-refractivity contribution in [2.24, 2.45) is 4.99 Å². The summed E-state index contributed by atoms with van der Waals surface area (Å²) in [5.74, 6) is -1.17. The lowest BCUT2D eigenvalue weighted by molar-refractivity contribution is -0.143. The number of urea groups is 1. The molecule has 3 amide bonds.